The van der Waals surface area contributed by atoms with Crippen molar-refractivity contribution in [2.75, 3.05) is 26.3 Å². The Kier molecular flexibility index (Phi) is 4.30. The summed E-state index contributed by atoms with van der Waals surface area (Å²) in [7, 11) is 0. The minimum atomic E-state index is -0.437. The first kappa shape index (κ1) is 15.7. The van der Waals surface area contributed by atoms with Gasteiger partial charge in [-0.1, -0.05) is 0 Å². The van der Waals surface area contributed by atoms with Crippen molar-refractivity contribution in [2.45, 2.75) is 31.1 Å². The summed E-state index contributed by atoms with van der Waals surface area (Å²) in [6, 6.07) is 0. The molecule has 1 amide bonds. The summed E-state index contributed by atoms with van der Waals surface area (Å²) >= 11 is 1.43. The second-order valence-electron chi connectivity index (χ2n) is 6.23. The van der Waals surface area contributed by atoms with Gasteiger partial charge in [-0.2, -0.15) is 5.10 Å². The topological polar surface area (TPSA) is 82.4 Å². The Bertz CT molecular complexity index is 677. The molecule has 0 aliphatic carbocycles. The molecule has 2 aromatic rings. The average molecular weight is 349 g/mol. The van der Waals surface area contributed by atoms with E-state index in [1.54, 1.807) is 26.8 Å². The fourth-order valence-corrected chi connectivity index (χ4v) is 3.87. The predicted octanol–water partition coefficient (Wildman–Crippen LogP) is 0.825. The summed E-state index contributed by atoms with van der Waals surface area (Å²) in [5, 5.41) is 5.91. The maximum Gasteiger partial charge on any atom is 0.273 e. The molecule has 2 aromatic heterocycles. The first-order valence-corrected chi connectivity index (χ1v) is 8.94. The predicted molar refractivity (Wildman–Crippen MR) is 85.7 cm³/mol. The van der Waals surface area contributed by atoms with E-state index in [1.807, 2.05) is 0 Å². The van der Waals surface area contributed by atoms with E-state index >= 15 is 0 Å². The number of carbonyl (C=O) groups excluding carboxylic acids is 1. The van der Waals surface area contributed by atoms with Gasteiger partial charge in [-0.05, 0) is 12.8 Å². The van der Waals surface area contributed by atoms with Crippen LogP contribution in [0, 0.1) is 0 Å². The van der Waals surface area contributed by atoms with E-state index in [0.717, 1.165) is 12.8 Å². The second-order valence-corrected chi connectivity index (χ2v) is 6.95. The van der Waals surface area contributed by atoms with Crippen molar-refractivity contribution in [3.05, 3.63) is 29.2 Å². The van der Waals surface area contributed by atoms with Gasteiger partial charge in [0.2, 0.25) is 0 Å². The molecule has 9 heteroatoms. The highest BCUT2D eigenvalue weighted by atomic mass is 32.1. The number of hydrogen-bond donors (Lipinski definition) is 0. The van der Waals surface area contributed by atoms with Crippen molar-refractivity contribution in [3.63, 3.8) is 0 Å². The van der Waals surface area contributed by atoms with Crippen molar-refractivity contribution in [1.82, 2.24) is 24.6 Å². The van der Waals surface area contributed by atoms with E-state index in [-0.39, 0.29) is 12.0 Å². The molecule has 0 saturated carbocycles. The highest BCUT2D eigenvalue weighted by molar-refractivity contribution is 7.07. The molecular weight excluding hydrogens is 330 g/mol. The molecule has 2 aliphatic rings. The van der Waals surface area contributed by atoms with Gasteiger partial charge in [-0.25, -0.2) is 9.97 Å². The Morgan fingerprint density at radius 2 is 2.46 bits per heavy atom. The molecule has 2 fully saturated rings. The Morgan fingerprint density at radius 3 is 3.25 bits per heavy atom. The molecule has 24 heavy (non-hydrogen) atoms. The monoisotopic (exact) mass is 349 g/mol. The number of hydrogen-bond acceptors (Lipinski definition) is 7. The molecule has 0 N–H and O–H groups in total. The smallest absolute Gasteiger partial charge is 0.273 e. The van der Waals surface area contributed by atoms with Crippen LogP contribution in [0.4, 0.5) is 0 Å². The van der Waals surface area contributed by atoms with E-state index in [4.69, 9.17) is 9.47 Å². The minimum Gasteiger partial charge on any atom is -0.377 e. The molecule has 0 unspecified atom stereocenters. The van der Waals surface area contributed by atoms with Crippen LogP contribution in [-0.4, -0.2) is 68.6 Å². The maximum atomic E-state index is 12.6. The van der Waals surface area contributed by atoms with Gasteiger partial charge in [-0.15, -0.1) is 11.3 Å². The Hall–Kier alpha value is -1.84. The van der Waals surface area contributed by atoms with E-state index in [0.29, 0.717) is 38.5 Å². The highest BCUT2D eigenvalue weighted by Gasteiger charge is 2.44. The molecule has 0 radical (unpaired) electrons. The second kappa shape index (κ2) is 6.58. The van der Waals surface area contributed by atoms with Gasteiger partial charge in [0.1, 0.15) is 23.9 Å². The van der Waals surface area contributed by atoms with Crippen molar-refractivity contribution < 1.29 is 14.3 Å². The maximum absolute atomic E-state index is 12.6. The number of amides is 1. The van der Waals surface area contributed by atoms with E-state index in [1.165, 1.54) is 17.7 Å². The third-order valence-corrected chi connectivity index (χ3v) is 5.07. The first-order chi connectivity index (χ1) is 11.7. The van der Waals surface area contributed by atoms with Crippen LogP contribution in [0.15, 0.2) is 23.5 Å². The number of nitrogens with zero attached hydrogens (tertiary/aromatic N) is 5. The fraction of sp³-hybridized carbons (Fsp3) is 0.600. The normalized spacial score (nSPS) is 27.5. The molecule has 1 spiro atoms. The van der Waals surface area contributed by atoms with Crippen LogP contribution in [-0.2, 0) is 16.0 Å². The lowest BCUT2D eigenvalue weighted by molar-refractivity contribution is -0.0881. The van der Waals surface area contributed by atoms with Crippen LogP contribution < -0.4 is 0 Å². The van der Waals surface area contributed by atoms with Crippen LogP contribution in [0.2, 0.25) is 0 Å². The van der Waals surface area contributed by atoms with Gasteiger partial charge in [0.05, 0.1) is 37.9 Å². The zero-order valence-corrected chi connectivity index (χ0v) is 14.0. The highest BCUT2D eigenvalue weighted by Crippen LogP contribution is 2.34. The number of thiazole rings is 1. The molecule has 8 nitrogen and oxygen atoms in total. The van der Waals surface area contributed by atoms with Gasteiger partial charge < -0.3 is 14.4 Å². The first-order valence-electron chi connectivity index (χ1n) is 8.00. The van der Waals surface area contributed by atoms with Crippen LogP contribution in [0.3, 0.4) is 0 Å². The van der Waals surface area contributed by atoms with Crippen molar-refractivity contribution in [2.24, 2.45) is 0 Å². The van der Waals surface area contributed by atoms with Gasteiger partial charge >= 0.3 is 0 Å². The fourth-order valence-electron chi connectivity index (χ4n) is 3.34. The van der Waals surface area contributed by atoms with Crippen molar-refractivity contribution in [1.29, 1.82) is 0 Å². The lowest BCUT2D eigenvalue weighted by Gasteiger charge is -2.31. The zero-order chi connectivity index (χ0) is 16.4. The molecule has 2 saturated heterocycles. The molecule has 2 aliphatic heterocycles. The molecule has 128 valence electrons. The van der Waals surface area contributed by atoms with Gasteiger partial charge in [-0.3, -0.25) is 9.48 Å². The largest absolute Gasteiger partial charge is 0.377 e. The molecular formula is C15H19N5O3S. The number of rotatable bonds is 3. The van der Waals surface area contributed by atoms with Crippen LogP contribution in [0.1, 0.15) is 23.3 Å². The summed E-state index contributed by atoms with van der Waals surface area (Å²) in [4.78, 5) is 22.5. The summed E-state index contributed by atoms with van der Waals surface area (Å²) in [6.45, 7) is 2.81. The lowest BCUT2D eigenvalue weighted by atomic mass is 10.00. The van der Waals surface area contributed by atoms with Crippen molar-refractivity contribution >= 4 is 17.2 Å². The standard InChI is InChI=1S/C15H19N5O3S/c21-14(13-6-24-11-17-13)19-3-4-22-8-15(7-19)2-1-12(23-15)5-20-10-16-9-18-20/h6,9-12H,1-5,7-8H2/t12-,15-/m1/s1. The van der Waals surface area contributed by atoms with Crippen LogP contribution in [0.5, 0.6) is 0 Å². The molecule has 0 bridgehead atoms. The summed E-state index contributed by atoms with van der Waals surface area (Å²) in [5.41, 5.74) is 1.74. The quantitative estimate of drug-likeness (QED) is 0.816. The molecule has 2 atom stereocenters. The lowest BCUT2D eigenvalue weighted by Crippen LogP contribution is -2.47. The van der Waals surface area contributed by atoms with Gasteiger partial charge in [0.25, 0.3) is 5.91 Å². The SMILES string of the molecule is O=C(c1cscn1)N1CCOC[C@@]2(CC[C@H](Cn3cncn3)O2)C1. The molecule has 4 heterocycles. The third kappa shape index (κ3) is 3.19. The summed E-state index contributed by atoms with van der Waals surface area (Å²) in [6.07, 6.45) is 5.06. The summed E-state index contributed by atoms with van der Waals surface area (Å²) < 4.78 is 13.8. The molecule has 0 aromatic carbocycles. The average Bonchev–Trinajstić information content (AvgIpc) is 3.30. The van der Waals surface area contributed by atoms with E-state index < -0.39 is 5.60 Å². The van der Waals surface area contributed by atoms with Crippen LogP contribution >= 0.6 is 11.3 Å². The van der Waals surface area contributed by atoms with Gasteiger partial charge in [0, 0.05) is 11.9 Å². The Labute approximate surface area is 143 Å². The number of aromatic nitrogens is 4. The molecule has 4 rings (SSSR count). The number of carbonyl (C=O) groups is 1. The summed E-state index contributed by atoms with van der Waals surface area (Å²) in [5.74, 6) is -0.0514. The van der Waals surface area contributed by atoms with Crippen molar-refractivity contribution in [3.8, 4) is 0 Å². The Morgan fingerprint density at radius 1 is 1.50 bits per heavy atom. The van der Waals surface area contributed by atoms with Gasteiger partial charge in [0.15, 0.2) is 0 Å². The van der Waals surface area contributed by atoms with E-state index in [2.05, 4.69) is 15.1 Å². The number of ether oxygens (including phenoxy) is 2. The minimum absolute atomic E-state index is 0.0514. The Balaban J connectivity index is 1.45. The zero-order valence-electron chi connectivity index (χ0n) is 13.2. The van der Waals surface area contributed by atoms with E-state index in [9.17, 15) is 4.79 Å². The third-order valence-electron chi connectivity index (χ3n) is 4.48. The van der Waals surface area contributed by atoms with Crippen LogP contribution in [0.25, 0.3) is 0 Å².